The van der Waals surface area contributed by atoms with Crippen molar-refractivity contribution in [2.24, 2.45) is 0 Å². The number of amides is 2. The van der Waals surface area contributed by atoms with E-state index in [0.717, 1.165) is 31.2 Å². The highest BCUT2D eigenvalue weighted by Crippen LogP contribution is 2.26. The van der Waals surface area contributed by atoms with E-state index in [4.69, 9.17) is 4.74 Å². The zero-order valence-electron chi connectivity index (χ0n) is 18.2. The van der Waals surface area contributed by atoms with E-state index in [1.54, 1.807) is 0 Å². The second-order valence-corrected chi connectivity index (χ2v) is 9.56. The normalized spacial score (nSPS) is 14.9. The summed E-state index contributed by atoms with van der Waals surface area (Å²) in [5.74, 6) is -0.693. The molecule has 1 fully saturated rings. The van der Waals surface area contributed by atoms with Crippen molar-refractivity contribution < 1.29 is 22.7 Å². The van der Waals surface area contributed by atoms with Gasteiger partial charge in [0.25, 0.3) is 5.91 Å². The molecular weight excluding hydrogens is 430 g/mol. The summed E-state index contributed by atoms with van der Waals surface area (Å²) in [5, 5.41) is 5.27. The maximum absolute atomic E-state index is 13.1. The molecule has 0 unspecified atom stereocenters. The van der Waals surface area contributed by atoms with Crippen LogP contribution in [0.2, 0.25) is 0 Å². The number of methoxy groups -OCH3 is 1. The zero-order chi connectivity index (χ0) is 23.0. The third-order valence-corrected chi connectivity index (χ3v) is 7.26. The van der Waals surface area contributed by atoms with Gasteiger partial charge >= 0.3 is 0 Å². The number of benzene rings is 2. The van der Waals surface area contributed by atoms with Crippen molar-refractivity contribution in [3.05, 3.63) is 59.7 Å². The van der Waals surface area contributed by atoms with E-state index in [1.165, 1.54) is 29.6 Å². The molecular formula is C23H29N3O5S. The van der Waals surface area contributed by atoms with Gasteiger partial charge in [-0.15, -0.1) is 0 Å². The van der Waals surface area contributed by atoms with E-state index < -0.39 is 15.9 Å². The van der Waals surface area contributed by atoms with Gasteiger partial charge in [-0.3, -0.25) is 9.59 Å². The molecule has 0 bridgehead atoms. The smallest absolute Gasteiger partial charge is 0.255 e. The number of sulfonamides is 1. The Morgan fingerprint density at radius 2 is 1.66 bits per heavy atom. The highest BCUT2D eigenvalue weighted by Gasteiger charge is 2.27. The van der Waals surface area contributed by atoms with Crippen LogP contribution in [0.15, 0.2) is 53.4 Å². The second-order valence-electron chi connectivity index (χ2n) is 7.63. The van der Waals surface area contributed by atoms with Crippen LogP contribution in [0, 0.1) is 0 Å². The fourth-order valence-electron chi connectivity index (χ4n) is 3.57. The van der Waals surface area contributed by atoms with Crippen LogP contribution in [0.1, 0.15) is 41.6 Å². The average Bonchev–Trinajstić information content (AvgIpc) is 3.11. The number of nitrogens with one attached hydrogen (secondary N) is 2. The minimum Gasteiger partial charge on any atom is -0.496 e. The maximum Gasteiger partial charge on any atom is 0.255 e. The lowest BCUT2D eigenvalue weighted by Crippen LogP contribution is -2.37. The number of ether oxygens (including phenoxy) is 1. The topological polar surface area (TPSA) is 105 Å². The van der Waals surface area contributed by atoms with Gasteiger partial charge in [0.2, 0.25) is 15.9 Å². The molecule has 172 valence electrons. The Labute approximate surface area is 189 Å². The molecule has 1 heterocycles. The molecule has 2 N–H and O–H groups in total. The predicted octanol–water partition coefficient (Wildman–Crippen LogP) is 2.31. The van der Waals surface area contributed by atoms with E-state index in [-0.39, 0.29) is 28.7 Å². The number of nitrogens with zero attached hydrogens (tertiary/aromatic N) is 1. The summed E-state index contributed by atoms with van der Waals surface area (Å²) in [5.41, 5.74) is 1.01. The molecule has 2 aromatic carbocycles. The summed E-state index contributed by atoms with van der Waals surface area (Å²) in [6.07, 6.45) is 3.66. The van der Waals surface area contributed by atoms with E-state index in [9.17, 15) is 18.0 Å². The van der Waals surface area contributed by atoms with E-state index in [1.807, 2.05) is 30.3 Å². The SMILES string of the molecule is COc1ccc(S(=O)(=O)N2CCCCCC2)cc1C(=O)NCC(=O)NCc1ccccc1. The van der Waals surface area contributed by atoms with Gasteiger partial charge in [0.15, 0.2) is 0 Å². The summed E-state index contributed by atoms with van der Waals surface area (Å²) in [7, 11) is -2.31. The zero-order valence-corrected chi connectivity index (χ0v) is 19.0. The van der Waals surface area contributed by atoms with Gasteiger partial charge in [-0.25, -0.2) is 8.42 Å². The molecule has 0 aromatic heterocycles. The first-order chi connectivity index (χ1) is 15.4. The fraction of sp³-hybridized carbons (Fsp3) is 0.391. The standard InChI is InChI=1S/C23H29N3O5S/c1-31-21-12-11-19(32(29,30)26-13-7-2-3-8-14-26)15-20(21)23(28)25-17-22(27)24-16-18-9-5-4-6-10-18/h4-6,9-12,15H,2-3,7-8,13-14,16-17H2,1H3,(H,24,27)(H,25,28). The Morgan fingerprint density at radius 3 is 2.31 bits per heavy atom. The number of hydrogen-bond acceptors (Lipinski definition) is 5. The molecule has 32 heavy (non-hydrogen) atoms. The summed E-state index contributed by atoms with van der Waals surface area (Å²) < 4.78 is 32.9. The summed E-state index contributed by atoms with van der Waals surface area (Å²) in [6, 6.07) is 13.7. The Morgan fingerprint density at radius 1 is 0.969 bits per heavy atom. The van der Waals surface area contributed by atoms with Crippen LogP contribution >= 0.6 is 0 Å². The lowest BCUT2D eigenvalue weighted by Gasteiger charge is -2.20. The van der Waals surface area contributed by atoms with E-state index in [2.05, 4.69) is 10.6 Å². The van der Waals surface area contributed by atoms with Crippen LogP contribution in [0.25, 0.3) is 0 Å². The number of carbonyl (C=O) groups excluding carboxylic acids is 2. The van der Waals surface area contributed by atoms with Crippen LogP contribution in [0.4, 0.5) is 0 Å². The highest BCUT2D eigenvalue weighted by molar-refractivity contribution is 7.89. The molecule has 1 aliphatic heterocycles. The molecule has 0 aliphatic carbocycles. The van der Waals surface area contributed by atoms with Crippen molar-refractivity contribution in [3.63, 3.8) is 0 Å². The van der Waals surface area contributed by atoms with Crippen molar-refractivity contribution in [2.75, 3.05) is 26.7 Å². The molecule has 1 saturated heterocycles. The minimum atomic E-state index is -3.72. The van der Waals surface area contributed by atoms with Gasteiger partial charge in [0.05, 0.1) is 24.1 Å². The summed E-state index contributed by atoms with van der Waals surface area (Å²) in [4.78, 5) is 24.9. The quantitative estimate of drug-likeness (QED) is 0.630. The molecule has 0 spiro atoms. The minimum absolute atomic E-state index is 0.0406. The van der Waals surface area contributed by atoms with Crippen LogP contribution in [-0.4, -0.2) is 51.3 Å². The summed E-state index contributed by atoms with van der Waals surface area (Å²) >= 11 is 0. The Hall–Kier alpha value is -2.91. The molecule has 2 amide bonds. The van der Waals surface area contributed by atoms with Gasteiger partial charge < -0.3 is 15.4 Å². The predicted molar refractivity (Wildman–Crippen MR) is 121 cm³/mol. The van der Waals surface area contributed by atoms with Crippen LogP contribution in [0.5, 0.6) is 5.75 Å². The lowest BCUT2D eigenvalue weighted by molar-refractivity contribution is -0.120. The largest absolute Gasteiger partial charge is 0.496 e. The van der Waals surface area contributed by atoms with Crippen molar-refractivity contribution >= 4 is 21.8 Å². The first kappa shape index (κ1) is 23.7. The molecule has 2 aromatic rings. The van der Waals surface area contributed by atoms with Crippen molar-refractivity contribution in [1.82, 2.24) is 14.9 Å². The first-order valence-corrected chi connectivity index (χ1v) is 12.1. The Kier molecular flexibility index (Phi) is 8.24. The highest BCUT2D eigenvalue weighted by atomic mass is 32.2. The first-order valence-electron chi connectivity index (χ1n) is 10.7. The van der Waals surface area contributed by atoms with Gasteiger partial charge in [0, 0.05) is 19.6 Å². The molecule has 9 heteroatoms. The number of rotatable bonds is 8. The molecule has 0 radical (unpaired) electrons. The van der Waals surface area contributed by atoms with Crippen LogP contribution < -0.4 is 15.4 Å². The van der Waals surface area contributed by atoms with Gasteiger partial charge in [-0.1, -0.05) is 43.2 Å². The molecule has 1 aliphatic rings. The van der Waals surface area contributed by atoms with Gasteiger partial charge in [-0.2, -0.15) is 4.31 Å². The number of hydrogen-bond donors (Lipinski definition) is 2. The molecule has 8 nitrogen and oxygen atoms in total. The third-order valence-electron chi connectivity index (χ3n) is 5.36. The molecule has 0 saturated carbocycles. The average molecular weight is 460 g/mol. The monoisotopic (exact) mass is 459 g/mol. The second kappa shape index (κ2) is 11.1. The Balaban J connectivity index is 1.67. The fourth-order valence-corrected chi connectivity index (χ4v) is 5.11. The van der Waals surface area contributed by atoms with Crippen molar-refractivity contribution in [1.29, 1.82) is 0 Å². The lowest BCUT2D eigenvalue weighted by atomic mass is 10.2. The van der Waals surface area contributed by atoms with Crippen molar-refractivity contribution in [2.45, 2.75) is 37.1 Å². The van der Waals surface area contributed by atoms with Gasteiger partial charge in [-0.05, 0) is 36.6 Å². The molecule has 0 atom stereocenters. The van der Waals surface area contributed by atoms with E-state index in [0.29, 0.717) is 19.6 Å². The van der Waals surface area contributed by atoms with Crippen LogP contribution in [0.3, 0.4) is 0 Å². The van der Waals surface area contributed by atoms with E-state index >= 15 is 0 Å². The third kappa shape index (κ3) is 6.08. The summed E-state index contributed by atoms with van der Waals surface area (Å²) in [6.45, 7) is 1.05. The number of carbonyl (C=O) groups is 2. The molecule has 3 rings (SSSR count). The van der Waals surface area contributed by atoms with Gasteiger partial charge in [0.1, 0.15) is 5.75 Å². The maximum atomic E-state index is 13.1. The Bertz CT molecular complexity index is 1030. The van der Waals surface area contributed by atoms with Crippen LogP contribution in [-0.2, 0) is 21.4 Å². The van der Waals surface area contributed by atoms with Crippen molar-refractivity contribution in [3.8, 4) is 5.75 Å².